The zero-order valence-electron chi connectivity index (χ0n) is 13.4. The van der Waals surface area contributed by atoms with E-state index in [0.29, 0.717) is 22.9 Å². The van der Waals surface area contributed by atoms with Gasteiger partial charge in [0.2, 0.25) is 0 Å². The Hall–Kier alpha value is -3.32. The van der Waals surface area contributed by atoms with Gasteiger partial charge in [-0.05, 0) is 36.4 Å². The SMILES string of the molecule is O=Cc1cc(C(=O)O)c2cc(OCc3nc4ccccc4s3)ccc2n1. The van der Waals surface area contributed by atoms with E-state index in [0.717, 1.165) is 15.2 Å². The van der Waals surface area contributed by atoms with Crippen molar-refractivity contribution in [3.8, 4) is 5.75 Å². The van der Waals surface area contributed by atoms with E-state index >= 15 is 0 Å². The van der Waals surface area contributed by atoms with Crippen molar-refractivity contribution in [3.63, 3.8) is 0 Å². The lowest BCUT2D eigenvalue weighted by Gasteiger charge is -2.08. The Balaban J connectivity index is 1.65. The van der Waals surface area contributed by atoms with Gasteiger partial charge in [-0.2, -0.15) is 0 Å². The van der Waals surface area contributed by atoms with Gasteiger partial charge in [-0.25, -0.2) is 14.8 Å². The van der Waals surface area contributed by atoms with Crippen molar-refractivity contribution in [1.29, 1.82) is 0 Å². The number of nitrogens with zero attached hydrogens (tertiary/aromatic N) is 2. The number of aromatic carboxylic acids is 1. The van der Waals surface area contributed by atoms with Gasteiger partial charge in [0.15, 0.2) is 6.29 Å². The van der Waals surface area contributed by atoms with Crippen molar-refractivity contribution >= 4 is 44.7 Å². The van der Waals surface area contributed by atoms with E-state index in [-0.39, 0.29) is 17.9 Å². The van der Waals surface area contributed by atoms with Crippen LogP contribution in [0.4, 0.5) is 0 Å². The summed E-state index contributed by atoms with van der Waals surface area (Å²) in [5.74, 6) is -0.608. The maximum atomic E-state index is 11.5. The number of thiazole rings is 1. The molecule has 0 atom stereocenters. The third-order valence-corrected chi connectivity index (χ3v) is 4.86. The quantitative estimate of drug-likeness (QED) is 0.540. The van der Waals surface area contributed by atoms with Crippen LogP contribution in [0.2, 0.25) is 0 Å². The van der Waals surface area contributed by atoms with Gasteiger partial charge >= 0.3 is 5.97 Å². The second-order valence-corrected chi connectivity index (χ2v) is 6.68. The second kappa shape index (κ2) is 6.53. The number of aldehydes is 1. The maximum absolute atomic E-state index is 11.5. The summed E-state index contributed by atoms with van der Waals surface area (Å²) in [5, 5.41) is 10.6. The van der Waals surface area contributed by atoms with Crippen LogP contribution >= 0.6 is 11.3 Å². The summed E-state index contributed by atoms with van der Waals surface area (Å²) in [7, 11) is 0. The minimum Gasteiger partial charge on any atom is -0.486 e. The molecule has 0 radical (unpaired) electrons. The molecule has 4 aromatic rings. The fourth-order valence-electron chi connectivity index (χ4n) is 2.68. The van der Waals surface area contributed by atoms with Gasteiger partial charge in [-0.15, -0.1) is 11.3 Å². The molecule has 0 aliphatic rings. The molecular weight excluding hydrogens is 352 g/mol. The fourth-order valence-corrected chi connectivity index (χ4v) is 3.56. The molecule has 0 bridgehead atoms. The number of ether oxygens (including phenoxy) is 1. The second-order valence-electron chi connectivity index (χ2n) is 5.56. The summed E-state index contributed by atoms with van der Waals surface area (Å²) < 4.78 is 6.87. The number of pyridine rings is 1. The van der Waals surface area contributed by atoms with Gasteiger partial charge in [0.1, 0.15) is 23.1 Å². The molecule has 0 aliphatic carbocycles. The summed E-state index contributed by atoms with van der Waals surface area (Å²) in [4.78, 5) is 31.1. The number of aromatic nitrogens is 2. The van der Waals surface area contributed by atoms with Crippen LogP contribution in [0.3, 0.4) is 0 Å². The van der Waals surface area contributed by atoms with Gasteiger partial charge in [0, 0.05) is 5.39 Å². The number of carbonyl (C=O) groups excluding carboxylic acids is 1. The predicted octanol–water partition coefficient (Wildman–Crippen LogP) is 3.93. The molecule has 0 fully saturated rings. The number of hydrogen-bond donors (Lipinski definition) is 1. The van der Waals surface area contributed by atoms with Gasteiger partial charge in [-0.3, -0.25) is 4.79 Å². The molecule has 0 amide bonds. The van der Waals surface area contributed by atoms with E-state index in [1.165, 1.54) is 6.07 Å². The standard InChI is InChI=1S/C19H12N2O4S/c22-9-11-7-14(19(23)24)13-8-12(5-6-15(13)20-11)25-10-18-21-16-3-1-2-4-17(16)26-18/h1-9H,10H2,(H,23,24). The number of rotatable bonds is 5. The van der Waals surface area contributed by atoms with Gasteiger partial charge < -0.3 is 9.84 Å². The molecule has 0 unspecified atom stereocenters. The topological polar surface area (TPSA) is 89.4 Å². The minimum absolute atomic E-state index is 0.0162. The summed E-state index contributed by atoms with van der Waals surface area (Å²) in [6.07, 6.45) is 0.531. The first-order valence-corrected chi connectivity index (χ1v) is 8.56. The van der Waals surface area contributed by atoms with Crippen LogP contribution in [0.15, 0.2) is 48.5 Å². The predicted molar refractivity (Wildman–Crippen MR) is 98.0 cm³/mol. The number of carbonyl (C=O) groups is 2. The number of fused-ring (bicyclic) bond motifs is 2. The summed E-state index contributed by atoms with van der Waals surface area (Å²) >= 11 is 1.55. The Kier molecular flexibility index (Phi) is 4.06. The van der Waals surface area contributed by atoms with E-state index in [9.17, 15) is 14.7 Å². The van der Waals surface area contributed by atoms with Crippen molar-refractivity contribution in [3.05, 3.63) is 64.8 Å². The molecule has 2 aromatic heterocycles. The molecule has 0 saturated carbocycles. The van der Waals surface area contributed by atoms with Gasteiger partial charge in [0.25, 0.3) is 0 Å². The third kappa shape index (κ3) is 3.00. The van der Waals surface area contributed by atoms with Crippen LogP contribution in [-0.4, -0.2) is 27.3 Å². The number of hydrogen-bond acceptors (Lipinski definition) is 6. The number of benzene rings is 2. The van der Waals surface area contributed by atoms with Crippen molar-refractivity contribution in [2.24, 2.45) is 0 Å². The Labute approximate surface area is 151 Å². The highest BCUT2D eigenvalue weighted by Crippen LogP contribution is 2.26. The molecule has 2 aromatic carbocycles. The van der Waals surface area contributed by atoms with Crippen LogP contribution < -0.4 is 4.74 Å². The molecule has 6 nitrogen and oxygen atoms in total. The normalized spacial score (nSPS) is 10.9. The molecule has 0 aliphatic heterocycles. The Morgan fingerprint density at radius 1 is 1.12 bits per heavy atom. The van der Waals surface area contributed by atoms with Crippen LogP contribution in [0.5, 0.6) is 5.75 Å². The first-order chi connectivity index (χ1) is 12.6. The van der Waals surface area contributed by atoms with Gasteiger partial charge in [-0.1, -0.05) is 12.1 Å². The summed E-state index contributed by atoms with van der Waals surface area (Å²) in [6, 6.07) is 14.1. The van der Waals surface area contributed by atoms with E-state index in [1.54, 1.807) is 29.5 Å². The highest BCUT2D eigenvalue weighted by atomic mass is 32.1. The van der Waals surface area contributed by atoms with E-state index in [4.69, 9.17) is 4.74 Å². The van der Waals surface area contributed by atoms with Crippen molar-refractivity contribution in [1.82, 2.24) is 9.97 Å². The van der Waals surface area contributed by atoms with Crippen molar-refractivity contribution in [2.75, 3.05) is 0 Å². The smallest absolute Gasteiger partial charge is 0.336 e. The van der Waals surface area contributed by atoms with Crippen molar-refractivity contribution in [2.45, 2.75) is 6.61 Å². The average molecular weight is 364 g/mol. The van der Waals surface area contributed by atoms with Crippen LogP contribution in [-0.2, 0) is 6.61 Å². The van der Waals surface area contributed by atoms with Crippen LogP contribution in [0.25, 0.3) is 21.1 Å². The first-order valence-electron chi connectivity index (χ1n) is 7.74. The molecule has 1 N–H and O–H groups in total. The van der Waals surface area contributed by atoms with Gasteiger partial charge in [0.05, 0.1) is 21.3 Å². The Morgan fingerprint density at radius 2 is 1.96 bits per heavy atom. The zero-order chi connectivity index (χ0) is 18.1. The number of carboxylic acid groups (broad SMARTS) is 1. The Morgan fingerprint density at radius 3 is 2.73 bits per heavy atom. The van der Waals surface area contributed by atoms with Crippen molar-refractivity contribution < 1.29 is 19.4 Å². The molecular formula is C19H12N2O4S. The molecule has 0 spiro atoms. The molecule has 4 rings (SSSR count). The van der Waals surface area contributed by atoms with E-state index in [1.807, 2.05) is 24.3 Å². The molecule has 0 saturated heterocycles. The number of para-hydroxylation sites is 1. The zero-order valence-corrected chi connectivity index (χ0v) is 14.2. The van der Waals surface area contributed by atoms with Crippen LogP contribution in [0, 0.1) is 0 Å². The largest absolute Gasteiger partial charge is 0.486 e. The van der Waals surface area contributed by atoms with E-state index < -0.39 is 5.97 Å². The lowest BCUT2D eigenvalue weighted by atomic mass is 10.1. The molecule has 26 heavy (non-hydrogen) atoms. The maximum Gasteiger partial charge on any atom is 0.336 e. The molecule has 128 valence electrons. The van der Waals surface area contributed by atoms with E-state index in [2.05, 4.69) is 9.97 Å². The lowest BCUT2D eigenvalue weighted by Crippen LogP contribution is -2.02. The fraction of sp³-hybridized carbons (Fsp3) is 0.0526. The average Bonchev–Trinajstić information content (AvgIpc) is 3.08. The molecule has 2 heterocycles. The summed E-state index contributed by atoms with van der Waals surface area (Å²) in [5.41, 5.74) is 1.45. The Bertz CT molecular complexity index is 1120. The lowest BCUT2D eigenvalue weighted by molar-refractivity contribution is 0.0699. The monoisotopic (exact) mass is 364 g/mol. The highest BCUT2D eigenvalue weighted by Gasteiger charge is 2.13. The first kappa shape index (κ1) is 16.2. The summed E-state index contributed by atoms with van der Waals surface area (Å²) in [6.45, 7) is 0.285. The third-order valence-electron chi connectivity index (χ3n) is 3.85. The van der Waals surface area contributed by atoms with Crippen LogP contribution in [0.1, 0.15) is 25.9 Å². The molecule has 7 heteroatoms. The highest BCUT2D eigenvalue weighted by molar-refractivity contribution is 7.18. The minimum atomic E-state index is -1.12. The number of carboxylic acids is 1.